The number of hydrogen-bond donors (Lipinski definition) is 1. The number of fused-ring (bicyclic) bond motifs is 1. The van der Waals surface area contributed by atoms with Crippen LogP contribution in [0.2, 0.25) is 0 Å². The molecule has 0 spiro atoms. The highest BCUT2D eigenvalue weighted by atomic mass is 19.4. The average Bonchev–Trinajstić information content (AvgIpc) is 3.14. The van der Waals surface area contributed by atoms with Crippen molar-refractivity contribution in [2.75, 3.05) is 12.4 Å². The molecular formula is C16H10F7N5O3. The summed E-state index contributed by atoms with van der Waals surface area (Å²) in [6, 6.07) is 0.947. The molecule has 0 radical (unpaired) electrons. The Morgan fingerprint density at radius 3 is 2.45 bits per heavy atom. The molecule has 1 N–H and O–H groups in total. The van der Waals surface area contributed by atoms with E-state index in [4.69, 9.17) is 0 Å². The first-order valence-corrected chi connectivity index (χ1v) is 8.06. The molecule has 1 aromatic carbocycles. The van der Waals surface area contributed by atoms with Crippen molar-refractivity contribution in [3.8, 4) is 5.75 Å². The number of alkyl halides is 6. The molecule has 8 nitrogen and oxygen atoms in total. The van der Waals surface area contributed by atoms with Gasteiger partial charge in [-0.25, -0.2) is 14.2 Å². The zero-order valence-corrected chi connectivity index (χ0v) is 15.1. The molecule has 31 heavy (non-hydrogen) atoms. The zero-order valence-electron chi connectivity index (χ0n) is 15.1. The molecule has 1 unspecified atom stereocenters. The molecule has 3 rings (SSSR count). The van der Waals surface area contributed by atoms with Crippen LogP contribution in [-0.4, -0.2) is 39.0 Å². The van der Waals surface area contributed by atoms with E-state index < -0.39 is 53.4 Å². The third kappa shape index (κ3) is 4.92. The number of anilines is 1. The van der Waals surface area contributed by atoms with Gasteiger partial charge in [-0.2, -0.15) is 27.8 Å². The Kier molecular flexibility index (Phi) is 5.61. The van der Waals surface area contributed by atoms with E-state index in [1.54, 1.807) is 0 Å². The maximum atomic E-state index is 14.1. The molecule has 2 heterocycles. The van der Waals surface area contributed by atoms with Crippen molar-refractivity contribution in [3.05, 3.63) is 47.7 Å². The highest BCUT2D eigenvalue weighted by Crippen LogP contribution is 2.32. The van der Waals surface area contributed by atoms with E-state index in [-0.39, 0.29) is 5.56 Å². The monoisotopic (exact) mass is 453 g/mol. The topological polar surface area (TPSA) is 90.6 Å². The van der Waals surface area contributed by atoms with Crippen molar-refractivity contribution in [2.24, 2.45) is 0 Å². The van der Waals surface area contributed by atoms with Crippen molar-refractivity contribution in [2.45, 2.75) is 18.6 Å². The van der Waals surface area contributed by atoms with E-state index in [0.29, 0.717) is 18.2 Å². The van der Waals surface area contributed by atoms with Crippen LogP contribution in [0.5, 0.6) is 5.75 Å². The van der Waals surface area contributed by atoms with E-state index in [0.717, 1.165) is 24.0 Å². The van der Waals surface area contributed by atoms with Gasteiger partial charge in [0.05, 0.1) is 7.11 Å². The van der Waals surface area contributed by atoms with E-state index in [9.17, 15) is 35.5 Å². The van der Waals surface area contributed by atoms with E-state index >= 15 is 0 Å². The largest absolute Gasteiger partial charge is 0.573 e. The molecule has 15 heteroatoms. The van der Waals surface area contributed by atoms with Gasteiger partial charge in [-0.3, -0.25) is 0 Å². The fraction of sp³-hybridized carbons (Fsp3) is 0.250. The van der Waals surface area contributed by atoms with E-state index in [1.165, 1.54) is 0 Å². The second-order valence-electron chi connectivity index (χ2n) is 5.83. The van der Waals surface area contributed by atoms with Gasteiger partial charge in [-0.05, 0) is 17.7 Å². The Hall–Kier alpha value is -3.65. The number of aromatic nitrogens is 4. The standard InChI is InChI=1S/C16H10F7N5O3/c1-30-13(29)12(7-2-3-9(8(17)4-7)31-16(21,22)23)27-11-5-10(15(18,19)20)26-14-24-6-25-28(11)14/h2-6,12,27H,1H3. The van der Waals surface area contributed by atoms with Gasteiger partial charge in [-0.1, -0.05) is 6.07 Å². The van der Waals surface area contributed by atoms with Gasteiger partial charge in [-0.15, -0.1) is 13.2 Å². The summed E-state index contributed by atoms with van der Waals surface area (Å²) in [6.07, 6.45) is -9.12. The van der Waals surface area contributed by atoms with Crippen LogP contribution in [0.1, 0.15) is 17.3 Å². The number of carbonyl (C=O) groups is 1. The van der Waals surface area contributed by atoms with Crippen molar-refractivity contribution in [1.82, 2.24) is 19.6 Å². The lowest BCUT2D eigenvalue weighted by Gasteiger charge is -2.20. The van der Waals surface area contributed by atoms with Crippen LogP contribution in [0.3, 0.4) is 0 Å². The van der Waals surface area contributed by atoms with Crippen LogP contribution >= 0.6 is 0 Å². The number of ether oxygens (including phenoxy) is 2. The average molecular weight is 453 g/mol. The lowest BCUT2D eigenvalue weighted by atomic mass is 10.1. The van der Waals surface area contributed by atoms with Crippen molar-refractivity contribution in [1.29, 1.82) is 0 Å². The number of carbonyl (C=O) groups excluding carboxylic acids is 1. The molecule has 0 aliphatic rings. The molecule has 1 atom stereocenters. The summed E-state index contributed by atoms with van der Waals surface area (Å²) in [4.78, 5) is 19.1. The second-order valence-corrected chi connectivity index (χ2v) is 5.83. The number of rotatable bonds is 5. The number of halogens is 7. The van der Waals surface area contributed by atoms with E-state index in [2.05, 4.69) is 29.9 Å². The van der Waals surface area contributed by atoms with Crippen LogP contribution < -0.4 is 10.1 Å². The molecule has 166 valence electrons. The number of methoxy groups -OCH3 is 1. The van der Waals surface area contributed by atoms with E-state index in [1.807, 2.05) is 0 Å². The van der Waals surface area contributed by atoms with Crippen LogP contribution in [0.4, 0.5) is 36.6 Å². The minimum Gasteiger partial charge on any atom is -0.467 e. The van der Waals surface area contributed by atoms with Gasteiger partial charge in [0.2, 0.25) is 0 Å². The highest BCUT2D eigenvalue weighted by Gasteiger charge is 2.35. The van der Waals surface area contributed by atoms with Gasteiger partial charge in [0.15, 0.2) is 23.3 Å². The summed E-state index contributed by atoms with van der Waals surface area (Å²) in [5.41, 5.74) is -1.63. The smallest absolute Gasteiger partial charge is 0.467 e. The second kappa shape index (κ2) is 7.88. The lowest BCUT2D eigenvalue weighted by Crippen LogP contribution is -2.25. The Morgan fingerprint density at radius 2 is 1.87 bits per heavy atom. The molecule has 0 amide bonds. The lowest BCUT2D eigenvalue weighted by molar-refractivity contribution is -0.275. The highest BCUT2D eigenvalue weighted by molar-refractivity contribution is 5.81. The first-order chi connectivity index (χ1) is 14.4. The summed E-state index contributed by atoms with van der Waals surface area (Å²) >= 11 is 0. The van der Waals surface area contributed by atoms with Crippen LogP contribution in [0.15, 0.2) is 30.6 Å². The minimum atomic E-state index is -5.16. The number of nitrogens with one attached hydrogen (secondary N) is 1. The Balaban J connectivity index is 2.03. The summed E-state index contributed by atoms with van der Waals surface area (Å²) in [6.45, 7) is 0. The predicted octanol–water partition coefficient (Wildman–Crippen LogP) is 3.51. The Morgan fingerprint density at radius 1 is 1.16 bits per heavy atom. The SMILES string of the molecule is COC(=O)C(Nc1cc(C(F)(F)F)nc2ncnn12)c1ccc(OC(F)(F)F)c(F)c1. The molecule has 2 aromatic heterocycles. The summed E-state index contributed by atoms with van der Waals surface area (Å²) < 4.78 is 99.3. The van der Waals surface area contributed by atoms with Crippen molar-refractivity contribution >= 4 is 17.6 Å². The molecule has 0 saturated heterocycles. The Bertz CT molecular complexity index is 1110. The fourth-order valence-corrected chi connectivity index (χ4v) is 2.51. The van der Waals surface area contributed by atoms with Gasteiger partial charge in [0, 0.05) is 6.07 Å². The number of hydrogen-bond acceptors (Lipinski definition) is 7. The van der Waals surface area contributed by atoms with Crippen LogP contribution in [-0.2, 0) is 15.7 Å². The molecule has 0 bridgehead atoms. The summed E-state index contributed by atoms with van der Waals surface area (Å²) in [5.74, 6) is -4.59. The quantitative estimate of drug-likeness (QED) is 0.467. The van der Waals surface area contributed by atoms with Gasteiger partial charge >= 0.3 is 18.5 Å². The molecular weight excluding hydrogens is 443 g/mol. The molecule has 0 fully saturated rings. The Labute approximate surface area is 167 Å². The first-order valence-electron chi connectivity index (χ1n) is 8.06. The van der Waals surface area contributed by atoms with Crippen LogP contribution in [0, 0.1) is 5.82 Å². The number of esters is 1. The maximum Gasteiger partial charge on any atom is 0.573 e. The normalized spacial score (nSPS) is 13.2. The molecule has 0 aliphatic carbocycles. The van der Waals surface area contributed by atoms with Crippen molar-refractivity contribution in [3.63, 3.8) is 0 Å². The molecule has 0 saturated carbocycles. The van der Waals surface area contributed by atoms with Crippen LogP contribution in [0.25, 0.3) is 5.78 Å². The first kappa shape index (κ1) is 22.0. The minimum absolute atomic E-state index is 0.266. The third-order valence-electron chi connectivity index (χ3n) is 3.79. The maximum absolute atomic E-state index is 14.1. The predicted molar refractivity (Wildman–Crippen MR) is 87.2 cm³/mol. The molecule has 0 aliphatic heterocycles. The van der Waals surface area contributed by atoms with Gasteiger partial charge in [0.25, 0.3) is 5.78 Å². The number of benzene rings is 1. The molecule has 3 aromatic rings. The summed E-state index contributed by atoms with van der Waals surface area (Å²) in [7, 11) is 0.952. The fourth-order valence-electron chi connectivity index (χ4n) is 2.51. The zero-order chi connectivity index (χ0) is 23.0. The summed E-state index contributed by atoms with van der Waals surface area (Å²) in [5, 5.41) is 6.09. The van der Waals surface area contributed by atoms with Gasteiger partial charge < -0.3 is 14.8 Å². The van der Waals surface area contributed by atoms with Crippen molar-refractivity contribution < 1.29 is 45.0 Å². The van der Waals surface area contributed by atoms with Gasteiger partial charge in [0.1, 0.15) is 12.1 Å². The number of nitrogens with zero attached hydrogens (tertiary/aromatic N) is 4. The third-order valence-corrected chi connectivity index (χ3v) is 3.79.